The number of carbonyl (C=O) groups is 3. The Morgan fingerprint density at radius 2 is 1.52 bits per heavy atom. The molecule has 2 atom stereocenters. The number of hydrogen-bond donors (Lipinski definition) is 0. The van der Waals surface area contributed by atoms with Crippen molar-refractivity contribution in [2.45, 2.75) is 31.5 Å². The summed E-state index contributed by atoms with van der Waals surface area (Å²) in [5.74, 6) is -1.46. The summed E-state index contributed by atoms with van der Waals surface area (Å²) in [7, 11) is 0. The first-order valence-electron chi connectivity index (χ1n) is 8.82. The maximum atomic E-state index is 12.0. The molecule has 6 heteroatoms. The Morgan fingerprint density at radius 1 is 0.926 bits per heavy atom. The molecule has 1 aliphatic rings. The fourth-order valence-corrected chi connectivity index (χ4v) is 2.80. The number of hydrogen-bond acceptors (Lipinski definition) is 6. The zero-order valence-electron chi connectivity index (χ0n) is 14.7. The van der Waals surface area contributed by atoms with Gasteiger partial charge in [0.15, 0.2) is 0 Å². The highest BCUT2D eigenvalue weighted by atomic mass is 16.6. The van der Waals surface area contributed by atoms with Gasteiger partial charge in [-0.25, -0.2) is 14.4 Å². The molecule has 0 amide bonds. The molecule has 0 aliphatic carbocycles. The highest BCUT2D eigenvalue weighted by Crippen LogP contribution is 2.22. The van der Waals surface area contributed by atoms with Gasteiger partial charge in [-0.1, -0.05) is 36.4 Å². The van der Waals surface area contributed by atoms with Crippen molar-refractivity contribution in [2.75, 3.05) is 6.61 Å². The molecule has 1 aliphatic heterocycles. The Labute approximate surface area is 157 Å². The predicted octanol–water partition coefficient (Wildman–Crippen LogP) is 3.16. The third-order valence-corrected chi connectivity index (χ3v) is 4.19. The maximum absolute atomic E-state index is 12.0. The number of benzene rings is 2. The molecule has 2 aromatic carbocycles. The quantitative estimate of drug-likeness (QED) is 0.424. The average molecular weight is 368 g/mol. The van der Waals surface area contributed by atoms with E-state index in [1.54, 1.807) is 54.6 Å². The predicted molar refractivity (Wildman–Crippen MR) is 96.1 cm³/mol. The van der Waals surface area contributed by atoms with Crippen LogP contribution in [-0.4, -0.2) is 36.7 Å². The monoisotopic (exact) mass is 368 g/mol. The van der Waals surface area contributed by atoms with Crippen LogP contribution in [0.15, 0.2) is 60.7 Å². The lowest BCUT2D eigenvalue weighted by atomic mass is 10.1. The van der Waals surface area contributed by atoms with Crippen molar-refractivity contribution in [3.63, 3.8) is 0 Å². The van der Waals surface area contributed by atoms with Gasteiger partial charge in [-0.15, -0.1) is 0 Å². The second-order valence-electron chi connectivity index (χ2n) is 6.20. The van der Waals surface area contributed by atoms with Crippen molar-refractivity contribution < 1.29 is 28.6 Å². The fourth-order valence-electron chi connectivity index (χ4n) is 2.80. The minimum Gasteiger partial charge on any atom is -0.462 e. The van der Waals surface area contributed by atoms with E-state index < -0.39 is 18.0 Å². The summed E-state index contributed by atoms with van der Waals surface area (Å²) in [6, 6.07) is 17.2. The van der Waals surface area contributed by atoms with E-state index in [0.717, 1.165) is 0 Å². The molecule has 0 N–H and O–H groups in total. The highest BCUT2D eigenvalue weighted by Gasteiger charge is 2.37. The minimum atomic E-state index is -0.894. The van der Waals surface area contributed by atoms with E-state index in [4.69, 9.17) is 14.2 Å². The van der Waals surface area contributed by atoms with E-state index in [0.29, 0.717) is 30.4 Å². The molecule has 0 spiro atoms. The van der Waals surface area contributed by atoms with Crippen LogP contribution in [0.4, 0.5) is 0 Å². The molecule has 140 valence electrons. The topological polar surface area (TPSA) is 78.9 Å². The fraction of sp³-hybridized carbons (Fsp3) is 0.286. The number of esters is 3. The molecule has 6 nitrogen and oxygen atoms in total. The third-order valence-electron chi connectivity index (χ3n) is 4.19. The molecule has 1 heterocycles. The minimum absolute atomic E-state index is 0.232. The number of ether oxygens (including phenoxy) is 3. The average Bonchev–Trinajstić information content (AvgIpc) is 3.05. The van der Waals surface area contributed by atoms with Crippen LogP contribution >= 0.6 is 0 Å². The molecular formula is C21H20O6. The lowest BCUT2D eigenvalue weighted by Gasteiger charge is -2.09. The molecule has 2 aromatic rings. The smallest absolute Gasteiger partial charge is 0.347 e. The SMILES string of the molecule is O=C(OCCCC1CC(OC(=O)c2ccccc2)C(=O)O1)c1ccccc1. The summed E-state index contributed by atoms with van der Waals surface area (Å²) in [6.45, 7) is 0.232. The van der Waals surface area contributed by atoms with Crippen molar-refractivity contribution in [1.29, 1.82) is 0 Å². The van der Waals surface area contributed by atoms with Crippen LogP contribution in [0.3, 0.4) is 0 Å². The van der Waals surface area contributed by atoms with Crippen LogP contribution in [0.1, 0.15) is 40.0 Å². The van der Waals surface area contributed by atoms with Gasteiger partial charge in [0.2, 0.25) is 6.10 Å². The summed E-state index contributed by atoms with van der Waals surface area (Å²) in [6.07, 6.45) is 0.156. The van der Waals surface area contributed by atoms with Gasteiger partial charge < -0.3 is 14.2 Å². The Kier molecular flexibility index (Phi) is 6.20. The van der Waals surface area contributed by atoms with Gasteiger partial charge in [0.25, 0.3) is 0 Å². The van der Waals surface area contributed by atoms with E-state index in [1.165, 1.54) is 0 Å². The Morgan fingerprint density at radius 3 is 2.15 bits per heavy atom. The molecule has 3 rings (SSSR count). The Bertz CT molecular complexity index is 787. The first-order valence-corrected chi connectivity index (χ1v) is 8.82. The van der Waals surface area contributed by atoms with Crippen LogP contribution in [0.2, 0.25) is 0 Å². The van der Waals surface area contributed by atoms with E-state index in [1.807, 2.05) is 6.07 Å². The Hall–Kier alpha value is -3.15. The van der Waals surface area contributed by atoms with E-state index >= 15 is 0 Å². The molecule has 0 aromatic heterocycles. The van der Waals surface area contributed by atoms with Crippen LogP contribution in [0, 0.1) is 0 Å². The zero-order chi connectivity index (χ0) is 19.1. The summed E-state index contributed by atoms with van der Waals surface area (Å²) in [5, 5.41) is 0. The van der Waals surface area contributed by atoms with Gasteiger partial charge >= 0.3 is 17.9 Å². The zero-order valence-corrected chi connectivity index (χ0v) is 14.7. The number of carbonyl (C=O) groups excluding carboxylic acids is 3. The lowest BCUT2D eigenvalue weighted by Crippen LogP contribution is -2.22. The van der Waals surface area contributed by atoms with Gasteiger partial charge in [-0.3, -0.25) is 0 Å². The molecule has 2 unspecified atom stereocenters. The van der Waals surface area contributed by atoms with Gasteiger partial charge in [0.1, 0.15) is 6.10 Å². The van der Waals surface area contributed by atoms with Gasteiger partial charge in [-0.05, 0) is 37.1 Å². The standard InChI is InChI=1S/C21H20O6/c22-19(15-8-3-1-4-9-15)25-13-7-12-17-14-18(21(24)26-17)27-20(23)16-10-5-2-6-11-16/h1-6,8-11,17-18H,7,12-14H2. The molecule has 1 fully saturated rings. The molecule has 27 heavy (non-hydrogen) atoms. The number of rotatable bonds is 7. The van der Waals surface area contributed by atoms with Crippen molar-refractivity contribution in [3.05, 3.63) is 71.8 Å². The second-order valence-corrected chi connectivity index (χ2v) is 6.20. The summed E-state index contributed by atoms with van der Waals surface area (Å²) < 4.78 is 15.7. The first-order chi connectivity index (χ1) is 13.1. The molecule has 0 saturated carbocycles. The van der Waals surface area contributed by atoms with Crippen LogP contribution in [0.25, 0.3) is 0 Å². The maximum Gasteiger partial charge on any atom is 0.347 e. The lowest BCUT2D eigenvalue weighted by molar-refractivity contribution is -0.147. The van der Waals surface area contributed by atoms with Crippen molar-refractivity contribution in [1.82, 2.24) is 0 Å². The second kappa shape index (κ2) is 8.98. The van der Waals surface area contributed by atoms with Crippen LogP contribution in [0.5, 0.6) is 0 Å². The van der Waals surface area contributed by atoms with Gasteiger partial charge in [-0.2, -0.15) is 0 Å². The van der Waals surface area contributed by atoms with Gasteiger partial charge in [0.05, 0.1) is 17.7 Å². The Balaban J connectivity index is 1.39. The van der Waals surface area contributed by atoms with E-state index in [2.05, 4.69) is 0 Å². The summed E-state index contributed by atoms with van der Waals surface area (Å²) >= 11 is 0. The first kappa shape index (κ1) is 18.6. The van der Waals surface area contributed by atoms with Crippen LogP contribution < -0.4 is 0 Å². The van der Waals surface area contributed by atoms with Crippen LogP contribution in [-0.2, 0) is 19.0 Å². The molecule has 0 radical (unpaired) electrons. The number of cyclic esters (lactones) is 1. The molecule has 0 bridgehead atoms. The van der Waals surface area contributed by atoms with Crippen molar-refractivity contribution >= 4 is 17.9 Å². The highest BCUT2D eigenvalue weighted by molar-refractivity contribution is 5.91. The van der Waals surface area contributed by atoms with Crippen molar-refractivity contribution in [3.8, 4) is 0 Å². The van der Waals surface area contributed by atoms with Gasteiger partial charge in [0, 0.05) is 6.42 Å². The largest absolute Gasteiger partial charge is 0.462 e. The summed E-state index contributed by atoms with van der Waals surface area (Å²) in [5.41, 5.74) is 0.888. The van der Waals surface area contributed by atoms with E-state index in [9.17, 15) is 14.4 Å². The normalized spacial score (nSPS) is 18.6. The third kappa shape index (κ3) is 5.17. The van der Waals surface area contributed by atoms with E-state index in [-0.39, 0.29) is 18.7 Å². The molecule has 1 saturated heterocycles. The summed E-state index contributed by atoms with van der Waals surface area (Å²) in [4.78, 5) is 35.8. The molecular weight excluding hydrogens is 348 g/mol. The van der Waals surface area contributed by atoms with Crippen molar-refractivity contribution in [2.24, 2.45) is 0 Å².